The Morgan fingerprint density at radius 2 is 2.05 bits per heavy atom. The van der Waals surface area contributed by atoms with E-state index in [1.54, 1.807) is 6.07 Å². The number of fused-ring (bicyclic) bond motifs is 1. The monoisotopic (exact) mass is 283 g/mol. The summed E-state index contributed by atoms with van der Waals surface area (Å²) in [4.78, 5) is 0. The van der Waals surface area contributed by atoms with Gasteiger partial charge in [-0.15, -0.1) is 0 Å². The largest absolute Gasteiger partial charge is 0.492 e. The van der Waals surface area contributed by atoms with Gasteiger partial charge in [0.15, 0.2) is 0 Å². The molecular formula is C18H18FNO. The van der Waals surface area contributed by atoms with Crippen LogP contribution >= 0.6 is 0 Å². The van der Waals surface area contributed by atoms with E-state index >= 15 is 0 Å². The molecule has 0 bridgehead atoms. The molecular weight excluding hydrogens is 265 g/mol. The Bertz CT molecular complexity index is 679. The lowest BCUT2D eigenvalue weighted by molar-refractivity contribution is 0.358. The van der Waals surface area contributed by atoms with Crippen molar-refractivity contribution in [2.75, 3.05) is 6.61 Å². The van der Waals surface area contributed by atoms with Crippen molar-refractivity contribution in [2.45, 2.75) is 31.8 Å². The van der Waals surface area contributed by atoms with Crippen LogP contribution in [0.2, 0.25) is 0 Å². The number of nitrogens with one attached hydrogen (secondary N) is 1. The van der Waals surface area contributed by atoms with Gasteiger partial charge in [-0.2, -0.15) is 0 Å². The van der Waals surface area contributed by atoms with Gasteiger partial charge in [0.2, 0.25) is 0 Å². The van der Waals surface area contributed by atoms with Gasteiger partial charge in [0.1, 0.15) is 11.6 Å². The van der Waals surface area contributed by atoms with Crippen LogP contribution in [0.1, 0.15) is 24.0 Å². The summed E-state index contributed by atoms with van der Waals surface area (Å²) in [6, 6.07) is 11.9. The Morgan fingerprint density at radius 1 is 1.14 bits per heavy atom. The topological polar surface area (TPSA) is 21.3 Å². The minimum atomic E-state index is -0.181. The van der Waals surface area contributed by atoms with Crippen LogP contribution in [0.5, 0.6) is 5.75 Å². The Balaban J connectivity index is 1.75. The van der Waals surface area contributed by atoms with Gasteiger partial charge in [-0.3, -0.25) is 0 Å². The van der Waals surface area contributed by atoms with Crippen molar-refractivity contribution >= 4 is 0 Å². The van der Waals surface area contributed by atoms with E-state index in [1.807, 2.05) is 6.07 Å². The summed E-state index contributed by atoms with van der Waals surface area (Å²) in [6.45, 7) is 1.45. The molecule has 2 aliphatic rings. The fourth-order valence-corrected chi connectivity index (χ4v) is 2.94. The summed E-state index contributed by atoms with van der Waals surface area (Å²) in [7, 11) is 0. The quantitative estimate of drug-likeness (QED) is 0.924. The van der Waals surface area contributed by atoms with Crippen LogP contribution in [0, 0.1) is 5.82 Å². The zero-order valence-electron chi connectivity index (χ0n) is 11.9. The van der Waals surface area contributed by atoms with E-state index in [0.29, 0.717) is 12.6 Å². The van der Waals surface area contributed by atoms with E-state index < -0.39 is 0 Å². The summed E-state index contributed by atoms with van der Waals surface area (Å²) >= 11 is 0. The van der Waals surface area contributed by atoms with Gasteiger partial charge >= 0.3 is 0 Å². The minimum Gasteiger partial charge on any atom is -0.492 e. The van der Waals surface area contributed by atoms with Crippen molar-refractivity contribution in [3.8, 4) is 16.9 Å². The van der Waals surface area contributed by atoms with E-state index in [0.717, 1.165) is 35.5 Å². The number of ether oxygens (including phenoxy) is 1. The summed E-state index contributed by atoms with van der Waals surface area (Å²) in [5.41, 5.74) is 4.41. The summed E-state index contributed by atoms with van der Waals surface area (Å²) in [5.74, 6) is 0.789. The maximum Gasteiger partial charge on any atom is 0.130 e. The highest BCUT2D eigenvalue weighted by molar-refractivity contribution is 5.75. The molecule has 1 aliphatic carbocycles. The Hall–Kier alpha value is -1.87. The van der Waals surface area contributed by atoms with E-state index in [-0.39, 0.29) is 5.82 Å². The molecule has 1 aliphatic heterocycles. The summed E-state index contributed by atoms with van der Waals surface area (Å²) in [6.07, 6.45) is 3.42. The third-order valence-electron chi connectivity index (χ3n) is 4.23. The molecule has 1 fully saturated rings. The van der Waals surface area contributed by atoms with Crippen molar-refractivity contribution < 1.29 is 9.13 Å². The molecule has 4 rings (SSSR count). The fourth-order valence-electron chi connectivity index (χ4n) is 2.94. The van der Waals surface area contributed by atoms with Crippen LogP contribution in [0.4, 0.5) is 4.39 Å². The first-order chi connectivity index (χ1) is 10.3. The zero-order valence-corrected chi connectivity index (χ0v) is 11.9. The lowest BCUT2D eigenvalue weighted by Gasteiger charge is -2.14. The molecule has 0 aromatic heterocycles. The van der Waals surface area contributed by atoms with Gasteiger partial charge in [-0.05, 0) is 41.7 Å². The lowest BCUT2D eigenvalue weighted by atomic mass is 9.96. The van der Waals surface area contributed by atoms with Gasteiger partial charge in [0, 0.05) is 24.6 Å². The van der Waals surface area contributed by atoms with Gasteiger partial charge < -0.3 is 10.1 Å². The predicted molar refractivity (Wildman–Crippen MR) is 80.9 cm³/mol. The Kier molecular flexibility index (Phi) is 3.15. The molecule has 21 heavy (non-hydrogen) atoms. The average Bonchev–Trinajstić information content (AvgIpc) is 3.20. The molecule has 0 saturated heterocycles. The molecule has 0 amide bonds. The van der Waals surface area contributed by atoms with E-state index in [4.69, 9.17) is 4.74 Å². The maximum absolute atomic E-state index is 13.6. The van der Waals surface area contributed by atoms with Crippen LogP contribution in [0.3, 0.4) is 0 Å². The first-order valence-corrected chi connectivity index (χ1v) is 7.58. The third kappa shape index (κ3) is 2.54. The molecule has 0 spiro atoms. The number of hydrogen-bond acceptors (Lipinski definition) is 2. The second-order valence-electron chi connectivity index (χ2n) is 5.85. The van der Waals surface area contributed by atoms with Crippen molar-refractivity contribution in [3.05, 3.63) is 53.3 Å². The summed E-state index contributed by atoms with van der Waals surface area (Å²) in [5, 5.41) is 3.47. The molecule has 108 valence electrons. The average molecular weight is 283 g/mol. The second-order valence-corrected chi connectivity index (χ2v) is 5.85. The second kappa shape index (κ2) is 5.15. The SMILES string of the molecule is Fc1ccc(-c2cccc3c2OCC3)c(CNC2CC2)c1. The van der Waals surface area contributed by atoms with Crippen LogP contribution < -0.4 is 10.1 Å². The van der Waals surface area contributed by atoms with Crippen LogP contribution in [0.25, 0.3) is 11.1 Å². The number of halogens is 1. The van der Waals surface area contributed by atoms with Gasteiger partial charge in [-0.25, -0.2) is 4.39 Å². The number of para-hydroxylation sites is 1. The van der Waals surface area contributed by atoms with Crippen LogP contribution in [0.15, 0.2) is 36.4 Å². The Morgan fingerprint density at radius 3 is 2.90 bits per heavy atom. The lowest BCUT2D eigenvalue weighted by Crippen LogP contribution is -2.16. The van der Waals surface area contributed by atoms with Crippen LogP contribution in [-0.4, -0.2) is 12.6 Å². The van der Waals surface area contributed by atoms with Crippen molar-refractivity contribution in [1.82, 2.24) is 5.32 Å². The maximum atomic E-state index is 13.6. The molecule has 1 saturated carbocycles. The summed E-state index contributed by atoms with van der Waals surface area (Å²) < 4.78 is 19.4. The Labute approximate surface area is 123 Å². The van der Waals surface area contributed by atoms with Gasteiger partial charge in [0.25, 0.3) is 0 Å². The molecule has 0 unspecified atom stereocenters. The first-order valence-electron chi connectivity index (χ1n) is 7.58. The van der Waals surface area contributed by atoms with E-state index in [1.165, 1.54) is 24.5 Å². The highest BCUT2D eigenvalue weighted by atomic mass is 19.1. The molecule has 2 aromatic rings. The molecule has 0 radical (unpaired) electrons. The molecule has 1 heterocycles. The molecule has 0 atom stereocenters. The highest BCUT2D eigenvalue weighted by Gasteiger charge is 2.22. The van der Waals surface area contributed by atoms with Crippen molar-refractivity contribution in [3.63, 3.8) is 0 Å². The predicted octanol–water partition coefficient (Wildman–Crippen LogP) is 3.68. The number of hydrogen-bond donors (Lipinski definition) is 1. The third-order valence-corrected chi connectivity index (χ3v) is 4.23. The molecule has 2 nitrogen and oxygen atoms in total. The van der Waals surface area contributed by atoms with E-state index in [9.17, 15) is 4.39 Å². The highest BCUT2D eigenvalue weighted by Crippen LogP contribution is 2.38. The minimum absolute atomic E-state index is 0.181. The smallest absolute Gasteiger partial charge is 0.130 e. The normalized spacial score (nSPS) is 16.6. The molecule has 3 heteroatoms. The fraction of sp³-hybridized carbons (Fsp3) is 0.333. The number of rotatable bonds is 4. The standard InChI is InChI=1S/C18H18FNO/c19-14-4-7-16(13(10-14)11-20-15-5-6-15)17-3-1-2-12-8-9-21-18(12)17/h1-4,7,10,15,20H,5-6,8-9,11H2. The van der Waals surface area contributed by atoms with Crippen molar-refractivity contribution in [1.29, 1.82) is 0 Å². The van der Waals surface area contributed by atoms with Gasteiger partial charge in [-0.1, -0.05) is 24.3 Å². The van der Waals surface area contributed by atoms with E-state index in [2.05, 4.69) is 23.5 Å². The zero-order chi connectivity index (χ0) is 14.2. The molecule has 1 N–H and O–H groups in total. The number of benzene rings is 2. The van der Waals surface area contributed by atoms with Crippen molar-refractivity contribution in [2.24, 2.45) is 0 Å². The van der Waals surface area contributed by atoms with Crippen LogP contribution in [-0.2, 0) is 13.0 Å². The molecule has 2 aromatic carbocycles. The van der Waals surface area contributed by atoms with Gasteiger partial charge in [0.05, 0.1) is 6.61 Å². The first kappa shape index (κ1) is 12.8.